The molecule has 9 nitrogen and oxygen atoms in total. The first-order chi connectivity index (χ1) is 18.7. The van der Waals surface area contributed by atoms with Crippen LogP contribution in [0.4, 0.5) is 13.9 Å². The normalized spacial score (nSPS) is 16.5. The molecular formula is C28H30F2N4O5S. The molecule has 2 amide bonds. The molecule has 1 aliphatic heterocycles. The third kappa shape index (κ3) is 4.79. The summed E-state index contributed by atoms with van der Waals surface area (Å²) in [6.07, 6.45) is -0.758. The van der Waals surface area contributed by atoms with Crippen LogP contribution in [0, 0.1) is 17.0 Å². The first-order valence-corrected chi connectivity index (χ1v) is 13.6. The van der Waals surface area contributed by atoms with Crippen molar-refractivity contribution in [3.8, 4) is 5.75 Å². The minimum Gasteiger partial charge on any atom is -0.550 e. The van der Waals surface area contributed by atoms with E-state index in [2.05, 4.69) is 26.1 Å². The molecule has 40 heavy (non-hydrogen) atoms. The Hall–Kier alpha value is -3.64. The second-order valence-electron chi connectivity index (χ2n) is 11.6. The molecule has 2 aliphatic rings. The third-order valence-electron chi connectivity index (χ3n) is 8.00. The van der Waals surface area contributed by atoms with Crippen molar-refractivity contribution >= 4 is 44.5 Å². The van der Waals surface area contributed by atoms with Crippen molar-refractivity contribution in [2.75, 3.05) is 53.3 Å². The van der Waals surface area contributed by atoms with Crippen molar-refractivity contribution in [2.24, 2.45) is 5.41 Å². The molecule has 12 heteroatoms. The van der Waals surface area contributed by atoms with Crippen LogP contribution in [0.15, 0.2) is 24.3 Å². The van der Waals surface area contributed by atoms with Crippen LogP contribution in [0.25, 0.3) is 10.2 Å². The van der Waals surface area contributed by atoms with Gasteiger partial charge < -0.3 is 24.0 Å². The van der Waals surface area contributed by atoms with Crippen LogP contribution in [-0.4, -0.2) is 86.6 Å². The molecule has 0 unspecified atom stereocenters. The molecule has 2 aromatic carbocycles. The van der Waals surface area contributed by atoms with E-state index in [0.29, 0.717) is 51.8 Å². The lowest BCUT2D eigenvalue weighted by Gasteiger charge is -2.46. The van der Waals surface area contributed by atoms with Crippen LogP contribution in [0.3, 0.4) is 0 Å². The fourth-order valence-corrected chi connectivity index (χ4v) is 6.46. The van der Waals surface area contributed by atoms with Gasteiger partial charge in [0.15, 0.2) is 16.8 Å². The predicted molar refractivity (Wildman–Crippen MR) is 143 cm³/mol. The Bertz CT molecular complexity index is 1510. The number of rotatable bonds is 7. The van der Waals surface area contributed by atoms with Crippen LogP contribution in [0.2, 0.25) is 0 Å². The minimum atomic E-state index is -1.48. The molecule has 1 fully saturated rings. The Morgan fingerprint density at radius 3 is 2.25 bits per heavy atom. The number of aliphatic carboxylic acids is 1. The second kappa shape index (κ2) is 9.77. The standard InChI is InChI=1S/C28H30F2N4O5S/c1-32(26(38)28(12-24(35)36)10-15-6-19(29)20(30)7-16(15)11-28)27-31-21-8-18(22(39-5)9-23(21)40-27)25(37)33-13-17(14-33)34(2,3)4/h6-9,17H,10-14H2,1-5H3. The van der Waals surface area contributed by atoms with E-state index in [9.17, 15) is 28.3 Å². The Balaban J connectivity index is 1.43. The number of amides is 2. The maximum atomic E-state index is 13.9. The highest BCUT2D eigenvalue weighted by atomic mass is 32.1. The van der Waals surface area contributed by atoms with Crippen molar-refractivity contribution in [1.29, 1.82) is 0 Å². The van der Waals surface area contributed by atoms with E-state index in [0.717, 1.165) is 16.6 Å². The zero-order valence-electron chi connectivity index (χ0n) is 22.9. The molecule has 0 atom stereocenters. The summed E-state index contributed by atoms with van der Waals surface area (Å²) < 4.78 is 34.7. The quantitative estimate of drug-likeness (QED) is 0.402. The van der Waals surface area contributed by atoms with Gasteiger partial charge in [0, 0.05) is 25.5 Å². The van der Waals surface area contributed by atoms with Gasteiger partial charge in [-0.15, -0.1) is 0 Å². The molecule has 1 saturated heterocycles. The number of hydrogen-bond donors (Lipinski definition) is 0. The summed E-state index contributed by atoms with van der Waals surface area (Å²) >= 11 is 1.18. The lowest BCUT2D eigenvalue weighted by molar-refractivity contribution is -0.900. The van der Waals surface area contributed by atoms with Gasteiger partial charge in [-0.05, 0) is 42.2 Å². The Morgan fingerprint density at radius 2 is 1.73 bits per heavy atom. The highest BCUT2D eigenvalue weighted by molar-refractivity contribution is 7.22. The molecule has 212 valence electrons. The number of halogens is 2. The van der Waals surface area contributed by atoms with Crippen molar-refractivity contribution in [3.05, 3.63) is 52.6 Å². The van der Waals surface area contributed by atoms with E-state index in [1.807, 2.05) is 0 Å². The molecule has 0 bridgehead atoms. The molecule has 0 radical (unpaired) electrons. The number of carbonyl (C=O) groups excluding carboxylic acids is 3. The lowest BCUT2D eigenvalue weighted by atomic mass is 9.80. The average molecular weight is 573 g/mol. The Labute approximate surface area is 234 Å². The molecule has 1 aliphatic carbocycles. The minimum absolute atomic E-state index is 0.0713. The summed E-state index contributed by atoms with van der Waals surface area (Å²) in [5.41, 5.74) is 0.145. The zero-order chi connectivity index (χ0) is 29.1. The maximum Gasteiger partial charge on any atom is 0.258 e. The molecule has 1 aromatic heterocycles. The van der Waals surface area contributed by atoms with E-state index in [4.69, 9.17) is 4.74 Å². The van der Waals surface area contributed by atoms with Crippen molar-refractivity contribution in [3.63, 3.8) is 0 Å². The Morgan fingerprint density at radius 1 is 1.12 bits per heavy atom. The van der Waals surface area contributed by atoms with Crippen LogP contribution >= 0.6 is 11.3 Å². The number of methoxy groups -OCH3 is 1. The van der Waals surface area contributed by atoms with Crippen molar-refractivity contribution in [2.45, 2.75) is 25.3 Å². The fourth-order valence-electron chi connectivity index (χ4n) is 5.52. The second-order valence-corrected chi connectivity index (χ2v) is 12.6. The molecule has 0 N–H and O–H groups in total. The van der Waals surface area contributed by atoms with E-state index >= 15 is 0 Å². The number of ether oxygens (including phenoxy) is 1. The monoisotopic (exact) mass is 572 g/mol. The number of thiazole rings is 1. The number of likely N-dealkylation sites (tertiary alicyclic amines) is 1. The van der Waals surface area contributed by atoms with Gasteiger partial charge in [0.2, 0.25) is 5.91 Å². The van der Waals surface area contributed by atoms with Crippen LogP contribution in [0.1, 0.15) is 27.9 Å². The van der Waals surface area contributed by atoms with E-state index in [1.54, 1.807) is 17.0 Å². The van der Waals surface area contributed by atoms with Crippen LogP contribution in [0.5, 0.6) is 5.75 Å². The van der Waals surface area contributed by atoms with Crippen molar-refractivity contribution in [1.82, 2.24) is 9.88 Å². The molecule has 0 spiro atoms. The number of quaternary nitrogens is 1. The molecular weight excluding hydrogens is 542 g/mol. The van der Waals surface area contributed by atoms with Gasteiger partial charge in [-0.3, -0.25) is 14.5 Å². The number of aromatic nitrogens is 1. The Kier molecular flexibility index (Phi) is 6.82. The molecule has 2 heterocycles. The van der Waals surface area contributed by atoms with Crippen LogP contribution in [-0.2, 0) is 22.4 Å². The number of fused-ring (bicyclic) bond motifs is 2. The summed E-state index contributed by atoms with van der Waals surface area (Å²) in [6, 6.07) is 5.71. The van der Waals surface area contributed by atoms with E-state index in [-0.39, 0.29) is 23.9 Å². The number of likely N-dealkylation sites (N-methyl/N-ethyl adjacent to an activating group) is 1. The number of carbonyl (C=O) groups is 3. The summed E-state index contributed by atoms with van der Waals surface area (Å²) in [5, 5.41) is 12.0. The predicted octanol–water partition coefficient (Wildman–Crippen LogP) is 2.00. The van der Waals surface area contributed by atoms with Gasteiger partial charge in [-0.2, -0.15) is 0 Å². The summed E-state index contributed by atoms with van der Waals surface area (Å²) in [5.74, 6) is -3.88. The maximum absolute atomic E-state index is 13.9. The number of anilines is 1. The number of carboxylic acid groups (broad SMARTS) is 1. The smallest absolute Gasteiger partial charge is 0.258 e. The molecule has 0 saturated carbocycles. The van der Waals surface area contributed by atoms with Crippen molar-refractivity contribution < 1.29 is 37.5 Å². The molecule has 5 rings (SSSR count). The summed E-state index contributed by atoms with van der Waals surface area (Å²) in [4.78, 5) is 46.4. The number of nitrogens with zero attached hydrogens (tertiary/aromatic N) is 4. The van der Waals surface area contributed by atoms with E-state index < -0.39 is 35.3 Å². The van der Waals surface area contributed by atoms with Gasteiger partial charge >= 0.3 is 0 Å². The first kappa shape index (κ1) is 27.9. The zero-order valence-corrected chi connectivity index (χ0v) is 23.7. The summed E-state index contributed by atoms with van der Waals surface area (Å²) in [6.45, 7) is 1.25. The fraction of sp³-hybridized carbons (Fsp3) is 0.429. The van der Waals surface area contributed by atoms with Gasteiger partial charge in [-0.1, -0.05) is 11.3 Å². The SMILES string of the molecule is COc1cc2sc(N(C)C(=O)C3(CC(=O)[O-])Cc4cc(F)c(F)cc4C3)nc2cc1C(=O)N1CC([N+](C)(C)C)C1. The van der Waals surface area contributed by atoms with Gasteiger partial charge in [0.05, 0.1) is 62.5 Å². The van der Waals surface area contributed by atoms with Crippen LogP contribution < -0.4 is 14.7 Å². The van der Waals surface area contributed by atoms with E-state index in [1.165, 1.54) is 30.4 Å². The average Bonchev–Trinajstić information content (AvgIpc) is 3.41. The highest BCUT2D eigenvalue weighted by Gasteiger charge is 2.46. The number of carboxylic acids is 1. The largest absolute Gasteiger partial charge is 0.550 e. The lowest BCUT2D eigenvalue weighted by Crippen LogP contribution is -2.65. The van der Waals surface area contributed by atoms with Gasteiger partial charge in [0.25, 0.3) is 5.91 Å². The van der Waals surface area contributed by atoms with Gasteiger partial charge in [-0.25, -0.2) is 13.8 Å². The topological polar surface area (TPSA) is 103 Å². The first-order valence-electron chi connectivity index (χ1n) is 12.8. The van der Waals surface area contributed by atoms with Gasteiger partial charge in [0.1, 0.15) is 11.8 Å². The highest BCUT2D eigenvalue weighted by Crippen LogP contribution is 2.43. The summed E-state index contributed by atoms with van der Waals surface area (Å²) in [7, 11) is 9.23. The number of hydrogen-bond acceptors (Lipinski definition) is 7. The molecule has 3 aromatic rings. The number of benzene rings is 2. The third-order valence-corrected chi connectivity index (χ3v) is 9.10.